The summed E-state index contributed by atoms with van der Waals surface area (Å²) in [6.07, 6.45) is 8.13. The summed E-state index contributed by atoms with van der Waals surface area (Å²) in [6, 6.07) is 6.99. The molecule has 186 valence electrons. The summed E-state index contributed by atoms with van der Waals surface area (Å²) in [5.74, 6) is -0.0414. The number of halogens is 1. The highest BCUT2D eigenvalue weighted by Gasteiger charge is 2.22. The number of fused-ring (bicyclic) bond motifs is 1. The zero-order valence-corrected chi connectivity index (χ0v) is 20.3. The molecule has 11 nitrogen and oxygen atoms in total. The van der Waals surface area contributed by atoms with Gasteiger partial charge in [0.15, 0.2) is 5.65 Å². The minimum absolute atomic E-state index is 0.00600. The second-order valence-corrected chi connectivity index (χ2v) is 8.86. The average Bonchev–Trinajstić information content (AvgIpc) is 3.48. The molecule has 0 radical (unpaired) electrons. The van der Waals surface area contributed by atoms with Gasteiger partial charge in [-0.2, -0.15) is 10.2 Å². The molecule has 2 amide bonds. The molecule has 0 atom stereocenters. The zero-order chi connectivity index (χ0) is 25.1. The average molecular weight is 509 g/mol. The summed E-state index contributed by atoms with van der Waals surface area (Å²) in [5, 5.41) is 18.5. The maximum absolute atomic E-state index is 13.2. The van der Waals surface area contributed by atoms with Crippen molar-refractivity contribution >= 4 is 34.7 Å². The van der Waals surface area contributed by atoms with E-state index in [4.69, 9.17) is 16.3 Å². The number of aromatic nitrogens is 5. The first-order valence-electron chi connectivity index (χ1n) is 11.5. The SMILES string of the molecule is COc1ccc(Cl)cc1-c1nn(CC(=O)NC2CCNCC2)cc1NC(=O)c1cnn2cccnc12. The Labute approximate surface area is 211 Å². The minimum Gasteiger partial charge on any atom is -0.496 e. The van der Waals surface area contributed by atoms with Crippen molar-refractivity contribution < 1.29 is 14.3 Å². The molecular formula is C24H25ClN8O3. The second kappa shape index (κ2) is 10.3. The fourth-order valence-corrected chi connectivity index (χ4v) is 4.39. The van der Waals surface area contributed by atoms with Crippen LogP contribution in [0.3, 0.4) is 0 Å². The quantitative estimate of drug-likeness (QED) is 0.349. The van der Waals surface area contributed by atoms with E-state index >= 15 is 0 Å². The first kappa shape index (κ1) is 23.8. The number of carbonyl (C=O) groups excluding carboxylic acids is 2. The molecule has 12 heteroatoms. The zero-order valence-electron chi connectivity index (χ0n) is 19.6. The summed E-state index contributed by atoms with van der Waals surface area (Å²) in [4.78, 5) is 30.2. The number of anilines is 1. The predicted molar refractivity (Wildman–Crippen MR) is 134 cm³/mol. The van der Waals surface area contributed by atoms with Gasteiger partial charge in [-0.3, -0.25) is 14.3 Å². The summed E-state index contributed by atoms with van der Waals surface area (Å²) in [7, 11) is 1.54. The topological polar surface area (TPSA) is 127 Å². The lowest BCUT2D eigenvalue weighted by Crippen LogP contribution is -2.43. The van der Waals surface area contributed by atoms with Crippen LogP contribution in [0.5, 0.6) is 5.75 Å². The number of amides is 2. The van der Waals surface area contributed by atoms with E-state index in [9.17, 15) is 9.59 Å². The Bertz CT molecular complexity index is 1410. The van der Waals surface area contributed by atoms with Crippen molar-refractivity contribution in [2.75, 3.05) is 25.5 Å². The van der Waals surface area contributed by atoms with Crippen LogP contribution in [0, 0.1) is 0 Å². The van der Waals surface area contributed by atoms with E-state index in [0.717, 1.165) is 25.9 Å². The van der Waals surface area contributed by atoms with E-state index in [-0.39, 0.29) is 18.5 Å². The lowest BCUT2D eigenvalue weighted by atomic mass is 10.1. The Morgan fingerprint density at radius 1 is 1.28 bits per heavy atom. The molecule has 5 rings (SSSR count). The maximum atomic E-state index is 13.2. The third-order valence-electron chi connectivity index (χ3n) is 5.96. The van der Waals surface area contributed by atoms with E-state index < -0.39 is 5.91 Å². The molecule has 4 aromatic rings. The monoisotopic (exact) mass is 508 g/mol. The van der Waals surface area contributed by atoms with E-state index in [1.54, 1.807) is 50.0 Å². The number of rotatable bonds is 7. The highest BCUT2D eigenvalue weighted by Crippen LogP contribution is 2.36. The summed E-state index contributed by atoms with van der Waals surface area (Å²) < 4.78 is 8.52. The number of hydrogen-bond donors (Lipinski definition) is 3. The Balaban J connectivity index is 1.46. The van der Waals surface area contributed by atoms with Gasteiger partial charge in [0.25, 0.3) is 5.91 Å². The number of carbonyl (C=O) groups is 2. The van der Waals surface area contributed by atoms with Crippen LogP contribution in [0.15, 0.2) is 49.1 Å². The van der Waals surface area contributed by atoms with E-state index in [1.165, 1.54) is 15.4 Å². The molecule has 3 N–H and O–H groups in total. The molecule has 1 aromatic carbocycles. The maximum Gasteiger partial charge on any atom is 0.261 e. The Kier molecular flexibility index (Phi) is 6.83. The van der Waals surface area contributed by atoms with Crippen molar-refractivity contribution in [3.8, 4) is 17.0 Å². The van der Waals surface area contributed by atoms with Crippen LogP contribution in [-0.2, 0) is 11.3 Å². The highest BCUT2D eigenvalue weighted by molar-refractivity contribution is 6.31. The van der Waals surface area contributed by atoms with Gasteiger partial charge in [0.1, 0.15) is 23.6 Å². The third-order valence-corrected chi connectivity index (χ3v) is 6.20. The Hall–Kier alpha value is -3.96. The second-order valence-electron chi connectivity index (χ2n) is 8.43. The van der Waals surface area contributed by atoms with E-state index in [2.05, 4.69) is 31.1 Å². The molecule has 0 saturated carbocycles. The van der Waals surface area contributed by atoms with Gasteiger partial charge in [0, 0.05) is 35.2 Å². The summed E-state index contributed by atoms with van der Waals surface area (Å²) in [5.41, 5.74) is 2.12. The Morgan fingerprint density at radius 2 is 2.11 bits per heavy atom. The van der Waals surface area contributed by atoms with E-state index in [1.807, 2.05) is 0 Å². The number of piperidine rings is 1. The lowest BCUT2D eigenvalue weighted by molar-refractivity contribution is -0.122. The van der Waals surface area contributed by atoms with Crippen LogP contribution in [0.4, 0.5) is 5.69 Å². The number of nitrogens with zero attached hydrogens (tertiary/aromatic N) is 5. The molecule has 4 heterocycles. The number of benzene rings is 1. The summed E-state index contributed by atoms with van der Waals surface area (Å²) >= 11 is 6.26. The number of nitrogens with one attached hydrogen (secondary N) is 3. The van der Waals surface area contributed by atoms with Crippen molar-refractivity contribution in [2.45, 2.75) is 25.4 Å². The first-order chi connectivity index (χ1) is 17.5. The largest absolute Gasteiger partial charge is 0.496 e. The van der Waals surface area contributed by atoms with Crippen molar-refractivity contribution in [2.24, 2.45) is 0 Å². The fourth-order valence-electron chi connectivity index (χ4n) is 4.22. The molecule has 0 bridgehead atoms. The molecule has 1 fully saturated rings. The van der Waals surface area contributed by atoms with Gasteiger partial charge in [0.2, 0.25) is 5.91 Å². The van der Waals surface area contributed by atoms with Crippen LogP contribution < -0.4 is 20.7 Å². The van der Waals surface area contributed by atoms with Crippen LogP contribution in [0.25, 0.3) is 16.9 Å². The van der Waals surface area contributed by atoms with Gasteiger partial charge in [-0.1, -0.05) is 11.6 Å². The number of hydrogen-bond acceptors (Lipinski definition) is 7. The summed E-state index contributed by atoms with van der Waals surface area (Å²) in [6.45, 7) is 1.74. The minimum atomic E-state index is -0.412. The predicted octanol–water partition coefficient (Wildman–Crippen LogP) is 2.38. The van der Waals surface area contributed by atoms with Gasteiger partial charge in [-0.25, -0.2) is 9.50 Å². The van der Waals surface area contributed by atoms with Crippen molar-refractivity contribution in [1.82, 2.24) is 35.0 Å². The molecular weight excluding hydrogens is 484 g/mol. The standard InChI is InChI=1S/C24H25ClN8O3/c1-36-20-4-3-15(25)11-17(20)22-19(30-24(35)18-12-28-33-10-2-7-27-23(18)33)13-32(31-22)14-21(34)29-16-5-8-26-9-6-16/h2-4,7,10-13,16,26H,5-6,8-9,14H2,1H3,(H,29,34)(H,30,35). The smallest absolute Gasteiger partial charge is 0.261 e. The highest BCUT2D eigenvalue weighted by atomic mass is 35.5. The van der Waals surface area contributed by atoms with Gasteiger partial charge >= 0.3 is 0 Å². The van der Waals surface area contributed by atoms with Gasteiger partial charge in [-0.05, 0) is 50.2 Å². The molecule has 36 heavy (non-hydrogen) atoms. The molecule has 0 aliphatic carbocycles. The van der Waals surface area contributed by atoms with Crippen molar-refractivity contribution in [3.63, 3.8) is 0 Å². The first-order valence-corrected chi connectivity index (χ1v) is 11.9. The van der Waals surface area contributed by atoms with Gasteiger partial charge in [0.05, 0.1) is 19.0 Å². The van der Waals surface area contributed by atoms with Crippen molar-refractivity contribution in [3.05, 3.63) is 59.6 Å². The van der Waals surface area contributed by atoms with Crippen LogP contribution >= 0.6 is 11.6 Å². The number of methoxy groups -OCH3 is 1. The van der Waals surface area contributed by atoms with Gasteiger partial charge < -0.3 is 20.7 Å². The normalized spacial score (nSPS) is 14.1. The van der Waals surface area contributed by atoms with E-state index in [0.29, 0.717) is 38.9 Å². The third kappa shape index (κ3) is 5.02. The van der Waals surface area contributed by atoms with Crippen LogP contribution in [0.2, 0.25) is 5.02 Å². The molecule has 1 aliphatic heterocycles. The molecule has 1 aliphatic rings. The Morgan fingerprint density at radius 3 is 2.92 bits per heavy atom. The molecule has 3 aromatic heterocycles. The number of ether oxygens (including phenoxy) is 1. The lowest BCUT2D eigenvalue weighted by Gasteiger charge is -2.23. The molecule has 0 unspecified atom stereocenters. The van der Waals surface area contributed by atoms with Gasteiger partial charge in [-0.15, -0.1) is 0 Å². The van der Waals surface area contributed by atoms with Crippen molar-refractivity contribution in [1.29, 1.82) is 0 Å². The molecule has 1 saturated heterocycles. The molecule has 0 spiro atoms. The fraction of sp³-hybridized carbons (Fsp3) is 0.292. The van der Waals surface area contributed by atoms with Crippen LogP contribution in [0.1, 0.15) is 23.2 Å². The van der Waals surface area contributed by atoms with Crippen LogP contribution in [-0.4, -0.2) is 62.4 Å².